The molecule has 1 aliphatic carbocycles. The predicted octanol–water partition coefficient (Wildman–Crippen LogP) is 4.89. The number of halogens is 4. The number of aldehydes is 1. The molecule has 4 rings (SSSR count). The average molecular weight is 590 g/mol. The van der Waals surface area contributed by atoms with Crippen LogP contribution in [0.25, 0.3) is 11.1 Å². The standard InChI is InChI=1S/C30H35F4N5O3/c1-37(2)17-23(24(10-12-40)30(32,33)34)29(41)36-26-13-22(20-7-8-28(35-15-20)42-18-19-5-6-19)25(31)14-27(26)39-11-9-21(16-39)38(3)4/h7-8,10,12-15,17,19,21H,5-6,9,11,16,18H2,1-4H3,(H,36,41)/b23-17+,24-10+/t21-/m0/s1. The number of hydrogen-bond acceptors (Lipinski definition) is 7. The minimum Gasteiger partial charge on any atom is -0.477 e. The summed E-state index contributed by atoms with van der Waals surface area (Å²) in [5.74, 6) is -0.738. The van der Waals surface area contributed by atoms with Gasteiger partial charge in [0.15, 0.2) is 0 Å². The number of alkyl halides is 3. The molecular formula is C30H35F4N5O3. The van der Waals surface area contributed by atoms with Crippen LogP contribution in [0.2, 0.25) is 0 Å². The molecule has 1 aromatic heterocycles. The second-order valence-electron chi connectivity index (χ2n) is 11.0. The van der Waals surface area contributed by atoms with Gasteiger partial charge in [0.1, 0.15) is 12.1 Å². The van der Waals surface area contributed by atoms with Gasteiger partial charge in [0.25, 0.3) is 5.91 Å². The summed E-state index contributed by atoms with van der Waals surface area (Å²) in [4.78, 5) is 34.0. The van der Waals surface area contributed by atoms with E-state index in [9.17, 15) is 22.8 Å². The molecule has 2 heterocycles. The van der Waals surface area contributed by atoms with Gasteiger partial charge in [0, 0.05) is 62.8 Å². The molecule has 12 heteroatoms. The van der Waals surface area contributed by atoms with Crippen LogP contribution in [0, 0.1) is 11.7 Å². The Morgan fingerprint density at radius 2 is 1.90 bits per heavy atom. The minimum absolute atomic E-state index is 0.0162. The summed E-state index contributed by atoms with van der Waals surface area (Å²) in [7, 11) is 6.78. The molecule has 0 spiro atoms. The third-order valence-corrected chi connectivity index (χ3v) is 7.24. The number of benzene rings is 1. The molecule has 0 bridgehead atoms. The van der Waals surface area contributed by atoms with Crippen molar-refractivity contribution in [3.8, 4) is 17.0 Å². The summed E-state index contributed by atoms with van der Waals surface area (Å²) >= 11 is 0. The number of hydrogen-bond donors (Lipinski definition) is 1. The van der Waals surface area contributed by atoms with Gasteiger partial charge < -0.3 is 24.8 Å². The maximum absolute atomic E-state index is 15.6. The minimum atomic E-state index is -4.97. The zero-order valence-electron chi connectivity index (χ0n) is 24.0. The van der Waals surface area contributed by atoms with E-state index >= 15 is 4.39 Å². The highest BCUT2D eigenvalue weighted by Gasteiger charge is 2.39. The molecule has 8 nitrogen and oxygen atoms in total. The predicted molar refractivity (Wildman–Crippen MR) is 153 cm³/mol. The molecule has 2 fully saturated rings. The third kappa shape index (κ3) is 7.67. The van der Waals surface area contributed by atoms with E-state index in [1.54, 1.807) is 12.1 Å². The second kappa shape index (κ2) is 12.9. The van der Waals surface area contributed by atoms with E-state index in [-0.39, 0.29) is 23.6 Å². The van der Waals surface area contributed by atoms with Crippen LogP contribution in [0.1, 0.15) is 19.3 Å². The maximum Gasteiger partial charge on any atom is 0.417 e. The summed E-state index contributed by atoms with van der Waals surface area (Å²) < 4.78 is 62.9. The molecule has 0 radical (unpaired) electrons. The monoisotopic (exact) mass is 589 g/mol. The zero-order chi connectivity index (χ0) is 30.6. The van der Waals surface area contributed by atoms with Crippen LogP contribution < -0.4 is 15.0 Å². The lowest BCUT2D eigenvalue weighted by Crippen LogP contribution is -2.32. The smallest absolute Gasteiger partial charge is 0.417 e. The number of nitrogens with one attached hydrogen (secondary N) is 1. The van der Waals surface area contributed by atoms with Crippen molar-refractivity contribution in [2.45, 2.75) is 31.5 Å². The van der Waals surface area contributed by atoms with E-state index in [2.05, 4.69) is 10.3 Å². The van der Waals surface area contributed by atoms with Crippen LogP contribution in [0.3, 0.4) is 0 Å². The van der Waals surface area contributed by atoms with Crippen LogP contribution in [0.4, 0.5) is 28.9 Å². The molecule has 1 N–H and O–H groups in total. The molecule has 1 amide bonds. The number of allylic oxidation sites excluding steroid dienone is 1. The lowest BCUT2D eigenvalue weighted by Gasteiger charge is -2.25. The van der Waals surface area contributed by atoms with Crippen LogP contribution in [-0.4, -0.2) is 87.1 Å². The highest BCUT2D eigenvalue weighted by molar-refractivity contribution is 6.09. The number of carbonyl (C=O) groups is 2. The van der Waals surface area contributed by atoms with E-state index in [1.807, 2.05) is 23.9 Å². The topological polar surface area (TPSA) is 78.0 Å². The number of rotatable bonds is 11. The van der Waals surface area contributed by atoms with Gasteiger partial charge in [-0.25, -0.2) is 9.37 Å². The van der Waals surface area contributed by atoms with Crippen molar-refractivity contribution in [3.63, 3.8) is 0 Å². The first-order valence-electron chi connectivity index (χ1n) is 13.6. The van der Waals surface area contributed by atoms with Crippen LogP contribution >= 0.6 is 0 Å². The van der Waals surface area contributed by atoms with Gasteiger partial charge in [-0.05, 0) is 63.6 Å². The fraction of sp³-hybridized carbons (Fsp3) is 0.433. The largest absolute Gasteiger partial charge is 0.477 e. The molecule has 1 saturated heterocycles. The summed E-state index contributed by atoms with van der Waals surface area (Å²) in [6.07, 6.45) is 0.793. The number of anilines is 2. The molecule has 2 aliphatic rings. The number of likely N-dealkylation sites (N-methyl/N-ethyl adjacent to an activating group) is 1. The van der Waals surface area contributed by atoms with E-state index < -0.39 is 29.0 Å². The zero-order valence-corrected chi connectivity index (χ0v) is 24.0. The summed E-state index contributed by atoms with van der Waals surface area (Å²) in [6.45, 7) is 1.65. The fourth-order valence-corrected chi connectivity index (χ4v) is 4.74. The Morgan fingerprint density at radius 3 is 2.45 bits per heavy atom. The van der Waals surface area contributed by atoms with E-state index in [1.165, 1.54) is 37.3 Å². The van der Waals surface area contributed by atoms with E-state index in [4.69, 9.17) is 4.74 Å². The number of ether oxygens (including phenoxy) is 1. The van der Waals surface area contributed by atoms with Gasteiger partial charge in [-0.3, -0.25) is 9.59 Å². The molecule has 226 valence electrons. The first-order valence-corrected chi connectivity index (χ1v) is 13.6. The van der Waals surface area contributed by atoms with Crippen molar-refractivity contribution in [2.24, 2.45) is 5.92 Å². The van der Waals surface area contributed by atoms with Crippen LogP contribution in [0.5, 0.6) is 5.88 Å². The third-order valence-electron chi connectivity index (χ3n) is 7.24. The number of pyridine rings is 1. The Morgan fingerprint density at radius 1 is 1.17 bits per heavy atom. The summed E-state index contributed by atoms with van der Waals surface area (Å²) in [5.41, 5.74) is -1.18. The first-order chi connectivity index (χ1) is 19.9. The average Bonchev–Trinajstić information content (AvgIpc) is 3.62. The maximum atomic E-state index is 15.6. The summed E-state index contributed by atoms with van der Waals surface area (Å²) in [6, 6.07) is 6.12. The van der Waals surface area contributed by atoms with Gasteiger partial charge >= 0.3 is 6.18 Å². The quantitative estimate of drug-likeness (QED) is 0.173. The van der Waals surface area contributed by atoms with Crippen LogP contribution in [0.15, 0.2) is 53.9 Å². The SMILES string of the molecule is CN(C)/C=C(C(=O)Nc1cc(-c2ccc(OCC3CC3)nc2)c(F)cc1N1CC[C@H](N(C)C)C1)\C(=C/C=O)C(F)(F)F. The summed E-state index contributed by atoms with van der Waals surface area (Å²) in [5, 5.41) is 2.58. The second-order valence-corrected chi connectivity index (χ2v) is 11.0. The Labute approximate surface area is 242 Å². The van der Waals surface area contributed by atoms with Crippen molar-refractivity contribution >= 4 is 23.6 Å². The molecular weight excluding hydrogens is 554 g/mol. The molecule has 1 aromatic carbocycles. The molecule has 2 aromatic rings. The normalized spacial score (nSPS) is 17.9. The van der Waals surface area contributed by atoms with Gasteiger partial charge in [-0.2, -0.15) is 13.2 Å². The lowest BCUT2D eigenvalue weighted by molar-refractivity contribution is -0.115. The van der Waals surface area contributed by atoms with Gasteiger partial charge in [-0.1, -0.05) is 0 Å². The Hall–Kier alpha value is -3.93. The van der Waals surface area contributed by atoms with Crippen molar-refractivity contribution in [1.82, 2.24) is 14.8 Å². The first kappa shape index (κ1) is 31.0. The molecule has 1 saturated carbocycles. The van der Waals surface area contributed by atoms with E-state index in [0.29, 0.717) is 48.8 Å². The molecule has 1 aliphatic heterocycles. The molecule has 1 atom stereocenters. The fourth-order valence-electron chi connectivity index (χ4n) is 4.74. The van der Waals surface area contributed by atoms with Gasteiger partial charge in [0.2, 0.25) is 5.88 Å². The van der Waals surface area contributed by atoms with Crippen molar-refractivity contribution in [2.75, 3.05) is 58.1 Å². The highest BCUT2D eigenvalue weighted by Crippen LogP contribution is 2.38. The van der Waals surface area contributed by atoms with Crippen molar-refractivity contribution in [3.05, 3.63) is 59.7 Å². The Bertz CT molecular complexity index is 1350. The van der Waals surface area contributed by atoms with Crippen molar-refractivity contribution in [1.29, 1.82) is 0 Å². The van der Waals surface area contributed by atoms with Gasteiger partial charge in [0.05, 0.1) is 29.1 Å². The Balaban J connectivity index is 1.73. The number of nitrogens with zero attached hydrogens (tertiary/aromatic N) is 4. The molecule has 0 unspecified atom stereocenters. The number of amides is 1. The number of carbonyl (C=O) groups excluding carboxylic acids is 2. The van der Waals surface area contributed by atoms with Gasteiger partial charge in [-0.15, -0.1) is 0 Å². The van der Waals surface area contributed by atoms with Crippen molar-refractivity contribution < 1.29 is 31.9 Å². The number of aromatic nitrogens is 1. The molecule has 42 heavy (non-hydrogen) atoms. The highest BCUT2D eigenvalue weighted by atomic mass is 19.4. The lowest BCUT2D eigenvalue weighted by atomic mass is 10.0. The van der Waals surface area contributed by atoms with Crippen LogP contribution in [-0.2, 0) is 9.59 Å². The Kier molecular flexibility index (Phi) is 9.55. The van der Waals surface area contributed by atoms with E-state index in [0.717, 1.165) is 25.5 Å².